The lowest BCUT2D eigenvalue weighted by molar-refractivity contribution is 0.123. The van der Waals surface area contributed by atoms with E-state index in [9.17, 15) is 9.59 Å². The fourth-order valence-electron chi connectivity index (χ4n) is 4.93. The summed E-state index contributed by atoms with van der Waals surface area (Å²) in [6.45, 7) is 8.12. The summed E-state index contributed by atoms with van der Waals surface area (Å²) in [5, 5.41) is 0.970. The Kier molecular flexibility index (Phi) is 6.59. The number of aryl methyl sites for hydroxylation is 2. The molecule has 0 amide bonds. The summed E-state index contributed by atoms with van der Waals surface area (Å²) in [7, 11) is 0. The second-order valence-corrected chi connectivity index (χ2v) is 8.96. The highest BCUT2D eigenvalue weighted by atomic mass is 16.5. The summed E-state index contributed by atoms with van der Waals surface area (Å²) in [4.78, 5) is 28.8. The number of aromatic nitrogens is 3. The van der Waals surface area contributed by atoms with Crippen molar-refractivity contribution < 1.29 is 4.74 Å². The molecule has 0 spiro atoms. The number of rotatable bonds is 7. The third-order valence-corrected chi connectivity index (χ3v) is 6.78. The van der Waals surface area contributed by atoms with Crippen molar-refractivity contribution >= 4 is 16.6 Å². The minimum absolute atomic E-state index is 0.0119. The predicted molar refractivity (Wildman–Crippen MR) is 141 cm³/mol. The number of imidazole rings is 1. The molecule has 2 aromatic heterocycles. The van der Waals surface area contributed by atoms with Crippen molar-refractivity contribution in [3.05, 3.63) is 81.6 Å². The van der Waals surface area contributed by atoms with Gasteiger partial charge in [0.2, 0.25) is 0 Å². The Labute approximate surface area is 204 Å². The SMILES string of the molecule is CCCCn1cc(-c2ccccc2)n(-c2ccc3c(c2)c(N2CCOCC2)cc(=O)n3CC)c1=O. The summed E-state index contributed by atoms with van der Waals surface area (Å²) >= 11 is 0. The Bertz CT molecular complexity index is 1440. The normalized spacial score (nSPS) is 14.1. The van der Waals surface area contributed by atoms with Crippen LogP contribution in [-0.4, -0.2) is 40.0 Å². The van der Waals surface area contributed by atoms with E-state index in [1.54, 1.807) is 15.2 Å². The standard InChI is InChI=1S/C28H32N4O3/c1-3-5-13-30-20-26(21-9-7-6-8-10-21)32(28(30)34)22-11-12-24-23(18-22)25(19-27(33)31(24)4-2)29-14-16-35-17-15-29/h6-12,18-20H,3-5,13-17H2,1-2H3. The molecule has 1 saturated heterocycles. The van der Waals surface area contributed by atoms with Gasteiger partial charge in [0.05, 0.1) is 35.8 Å². The number of anilines is 1. The average Bonchev–Trinajstić information content (AvgIpc) is 3.23. The first-order chi connectivity index (χ1) is 17.1. The maximum Gasteiger partial charge on any atom is 0.333 e. The maximum absolute atomic E-state index is 13.6. The van der Waals surface area contributed by atoms with Crippen LogP contribution < -0.4 is 16.1 Å². The van der Waals surface area contributed by atoms with Gasteiger partial charge in [-0.05, 0) is 31.5 Å². The van der Waals surface area contributed by atoms with E-state index >= 15 is 0 Å². The molecule has 3 heterocycles. The summed E-state index contributed by atoms with van der Waals surface area (Å²) in [6, 6.07) is 17.7. The molecule has 4 aromatic rings. The molecule has 1 aliphatic rings. The van der Waals surface area contributed by atoms with Crippen LogP contribution in [0.15, 0.2) is 70.4 Å². The van der Waals surface area contributed by atoms with E-state index in [4.69, 9.17) is 4.74 Å². The topological polar surface area (TPSA) is 61.4 Å². The first kappa shape index (κ1) is 23.2. The quantitative estimate of drug-likeness (QED) is 0.403. The van der Waals surface area contributed by atoms with Crippen LogP contribution in [0.2, 0.25) is 0 Å². The molecule has 5 rings (SSSR count). The monoisotopic (exact) mass is 472 g/mol. The minimum atomic E-state index is -0.0478. The van der Waals surface area contributed by atoms with Crippen LogP contribution >= 0.6 is 0 Å². The molecule has 0 N–H and O–H groups in total. The fraction of sp³-hybridized carbons (Fsp3) is 0.357. The molecule has 0 saturated carbocycles. The van der Waals surface area contributed by atoms with Gasteiger partial charge in [-0.15, -0.1) is 0 Å². The molecule has 7 heteroatoms. The number of hydrogen-bond acceptors (Lipinski definition) is 4. The van der Waals surface area contributed by atoms with Gasteiger partial charge in [0.15, 0.2) is 0 Å². The van der Waals surface area contributed by atoms with Crippen molar-refractivity contribution in [2.24, 2.45) is 0 Å². The Hall–Kier alpha value is -3.58. The molecule has 35 heavy (non-hydrogen) atoms. The molecule has 0 radical (unpaired) electrons. The highest BCUT2D eigenvalue weighted by Crippen LogP contribution is 2.30. The van der Waals surface area contributed by atoms with Gasteiger partial charge in [0.25, 0.3) is 5.56 Å². The zero-order valence-electron chi connectivity index (χ0n) is 20.4. The van der Waals surface area contributed by atoms with Crippen LogP contribution in [-0.2, 0) is 17.8 Å². The smallest absolute Gasteiger partial charge is 0.333 e. The molecular formula is C28H32N4O3. The molecule has 7 nitrogen and oxygen atoms in total. The Morgan fingerprint density at radius 3 is 2.43 bits per heavy atom. The van der Waals surface area contributed by atoms with Gasteiger partial charge in [-0.1, -0.05) is 43.7 Å². The highest BCUT2D eigenvalue weighted by Gasteiger charge is 2.20. The number of hydrogen-bond donors (Lipinski definition) is 0. The van der Waals surface area contributed by atoms with Crippen LogP contribution in [0.25, 0.3) is 27.8 Å². The molecule has 1 aliphatic heterocycles. The van der Waals surface area contributed by atoms with Crippen molar-refractivity contribution in [3.63, 3.8) is 0 Å². The van der Waals surface area contributed by atoms with E-state index in [-0.39, 0.29) is 11.2 Å². The second-order valence-electron chi connectivity index (χ2n) is 8.96. The van der Waals surface area contributed by atoms with Gasteiger partial charge in [0, 0.05) is 49.4 Å². The lowest BCUT2D eigenvalue weighted by atomic mass is 10.1. The zero-order chi connectivity index (χ0) is 24.4. The van der Waals surface area contributed by atoms with E-state index < -0.39 is 0 Å². The Morgan fingerprint density at radius 2 is 1.71 bits per heavy atom. The molecule has 0 bridgehead atoms. The fourth-order valence-corrected chi connectivity index (χ4v) is 4.93. The van der Waals surface area contributed by atoms with Crippen molar-refractivity contribution in [1.29, 1.82) is 0 Å². The van der Waals surface area contributed by atoms with Gasteiger partial charge in [-0.25, -0.2) is 4.79 Å². The highest BCUT2D eigenvalue weighted by molar-refractivity contribution is 5.93. The Balaban J connectivity index is 1.74. The number of benzene rings is 2. The van der Waals surface area contributed by atoms with Crippen LogP contribution in [0.1, 0.15) is 26.7 Å². The first-order valence-corrected chi connectivity index (χ1v) is 12.5. The van der Waals surface area contributed by atoms with E-state index in [2.05, 4.69) is 17.9 Å². The Morgan fingerprint density at radius 1 is 0.943 bits per heavy atom. The van der Waals surface area contributed by atoms with Crippen LogP contribution in [0.3, 0.4) is 0 Å². The number of morpholine rings is 1. The number of nitrogens with zero attached hydrogens (tertiary/aromatic N) is 4. The molecular weight excluding hydrogens is 440 g/mol. The summed E-state index contributed by atoms with van der Waals surface area (Å²) in [5.74, 6) is 0. The third kappa shape index (κ3) is 4.32. The summed E-state index contributed by atoms with van der Waals surface area (Å²) < 4.78 is 10.9. The van der Waals surface area contributed by atoms with E-state index in [1.807, 2.05) is 60.2 Å². The number of ether oxygens (including phenoxy) is 1. The molecule has 0 unspecified atom stereocenters. The lowest BCUT2D eigenvalue weighted by Gasteiger charge is -2.30. The van der Waals surface area contributed by atoms with Gasteiger partial charge >= 0.3 is 5.69 Å². The lowest BCUT2D eigenvalue weighted by Crippen LogP contribution is -2.37. The van der Waals surface area contributed by atoms with Crippen molar-refractivity contribution in [1.82, 2.24) is 13.7 Å². The molecule has 182 valence electrons. The molecule has 2 aromatic carbocycles. The van der Waals surface area contributed by atoms with Crippen molar-refractivity contribution in [2.45, 2.75) is 39.8 Å². The summed E-state index contributed by atoms with van der Waals surface area (Å²) in [5.41, 5.74) is 4.38. The number of pyridine rings is 1. The summed E-state index contributed by atoms with van der Waals surface area (Å²) in [6.07, 6.45) is 3.93. The van der Waals surface area contributed by atoms with Crippen LogP contribution in [0.4, 0.5) is 5.69 Å². The van der Waals surface area contributed by atoms with Crippen LogP contribution in [0.5, 0.6) is 0 Å². The molecule has 0 aliphatic carbocycles. The second kappa shape index (κ2) is 9.96. The maximum atomic E-state index is 13.6. The van der Waals surface area contributed by atoms with Gasteiger partial charge in [-0.3, -0.25) is 13.9 Å². The van der Waals surface area contributed by atoms with Crippen LogP contribution in [0, 0.1) is 0 Å². The third-order valence-electron chi connectivity index (χ3n) is 6.78. The van der Waals surface area contributed by atoms with E-state index in [0.717, 1.165) is 59.5 Å². The average molecular weight is 473 g/mol. The number of fused-ring (bicyclic) bond motifs is 1. The van der Waals surface area contributed by atoms with Gasteiger partial charge in [-0.2, -0.15) is 0 Å². The van der Waals surface area contributed by atoms with Crippen molar-refractivity contribution in [3.8, 4) is 16.9 Å². The van der Waals surface area contributed by atoms with E-state index in [0.29, 0.717) is 26.3 Å². The van der Waals surface area contributed by atoms with E-state index in [1.165, 1.54) is 0 Å². The molecule has 1 fully saturated rings. The first-order valence-electron chi connectivity index (χ1n) is 12.5. The minimum Gasteiger partial charge on any atom is -0.378 e. The van der Waals surface area contributed by atoms with Gasteiger partial charge in [0.1, 0.15) is 0 Å². The molecule has 0 atom stereocenters. The van der Waals surface area contributed by atoms with Gasteiger partial charge < -0.3 is 14.2 Å². The predicted octanol–water partition coefficient (Wildman–Crippen LogP) is 4.28. The zero-order valence-corrected chi connectivity index (χ0v) is 20.4. The van der Waals surface area contributed by atoms with Crippen molar-refractivity contribution in [2.75, 3.05) is 31.2 Å². The number of unbranched alkanes of at least 4 members (excludes halogenated alkanes) is 1. The largest absolute Gasteiger partial charge is 0.378 e.